The fourth-order valence-electron chi connectivity index (χ4n) is 8.06. The van der Waals surface area contributed by atoms with Crippen LogP contribution >= 0.6 is 39.0 Å². The number of fused-ring (bicyclic) bond motifs is 9. The van der Waals surface area contributed by atoms with Gasteiger partial charge in [-0.05, 0) is 73.6 Å². The summed E-state index contributed by atoms with van der Waals surface area (Å²) >= 11 is 6.29. The average Bonchev–Trinajstić information content (AvgIpc) is 3.77. The Balaban J connectivity index is 1.12. The normalized spacial score (nSPS) is 27.7. The number of nitrogens with zero attached hydrogens (tertiary/aromatic N) is 1. The van der Waals surface area contributed by atoms with Gasteiger partial charge >= 0.3 is 4.87 Å². The third kappa shape index (κ3) is 4.70. The lowest BCUT2D eigenvalue weighted by Crippen LogP contribution is -2.42. The van der Waals surface area contributed by atoms with Crippen LogP contribution in [0.4, 0.5) is 11.4 Å². The highest BCUT2D eigenvalue weighted by atomic mass is 79.9. The Morgan fingerprint density at radius 3 is 2.44 bits per heavy atom. The molecule has 7 atom stereocenters. The zero-order valence-electron chi connectivity index (χ0n) is 24.1. The second-order valence-electron chi connectivity index (χ2n) is 12.2. The number of para-hydroxylation sites is 1. The lowest BCUT2D eigenvalue weighted by molar-refractivity contribution is -0.123. The first-order chi connectivity index (χ1) is 21.8. The molecule has 3 heterocycles. The van der Waals surface area contributed by atoms with Crippen LogP contribution in [0.5, 0.6) is 5.75 Å². The number of thioether (sulfide) groups is 1. The van der Waals surface area contributed by atoms with E-state index in [1.165, 1.54) is 16.2 Å². The quantitative estimate of drug-likeness (QED) is 0.232. The number of rotatable bonds is 6. The second-order valence-corrected chi connectivity index (χ2v) is 15.3. The number of carbonyl (C=O) groups excluding carboxylic acids is 3. The molecule has 3 amide bonds. The highest BCUT2D eigenvalue weighted by Crippen LogP contribution is 2.69. The Bertz CT molecular complexity index is 1910. The van der Waals surface area contributed by atoms with Crippen molar-refractivity contribution in [3.63, 3.8) is 0 Å². The Hall–Kier alpha value is -3.67. The monoisotopic (exact) mass is 701 g/mol. The molecule has 3 aromatic carbocycles. The lowest BCUT2D eigenvalue weighted by atomic mass is 9.68. The topological polar surface area (TPSA) is 109 Å². The zero-order valence-corrected chi connectivity index (χ0v) is 27.3. The van der Waals surface area contributed by atoms with E-state index in [1.54, 1.807) is 23.9 Å². The summed E-state index contributed by atoms with van der Waals surface area (Å²) in [6.45, 7) is 1.81. The third-order valence-corrected chi connectivity index (χ3v) is 12.9. The summed E-state index contributed by atoms with van der Waals surface area (Å²) < 4.78 is 7.05. The molecule has 2 aliphatic carbocycles. The summed E-state index contributed by atoms with van der Waals surface area (Å²) in [5.74, 6) is -0.935. The van der Waals surface area contributed by atoms with Crippen LogP contribution in [0, 0.1) is 36.5 Å². The number of nitrogens with one attached hydrogen (secondary N) is 2. The van der Waals surface area contributed by atoms with Gasteiger partial charge in [-0.15, -0.1) is 11.8 Å². The fraction of sp³-hybridized carbons (Fsp3) is 0.294. The first-order valence-electron chi connectivity index (χ1n) is 14.9. The van der Waals surface area contributed by atoms with Gasteiger partial charge in [-0.25, -0.2) is 0 Å². The highest BCUT2D eigenvalue weighted by Gasteiger charge is 2.69. The number of aryl methyl sites for hydroxylation is 1. The summed E-state index contributed by atoms with van der Waals surface area (Å²) in [6.07, 6.45) is 0.793. The molecule has 0 radical (unpaired) electrons. The number of H-pyrrole nitrogens is 1. The smallest absolute Gasteiger partial charge is 0.305 e. The van der Waals surface area contributed by atoms with Gasteiger partial charge in [-0.3, -0.25) is 24.1 Å². The molecular formula is C34H28BrN3O5S2. The van der Waals surface area contributed by atoms with Gasteiger partial charge in [0.25, 0.3) is 5.91 Å². The molecule has 1 aromatic heterocycles. The molecule has 2 N–H and O–H groups in total. The van der Waals surface area contributed by atoms with Gasteiger partial charge in [0, 0.05) is 31.8 Å². The molecule has 0 spiro atoms. The van der Waals surface area contributed by atoms with E-state index in [0.29, 0.717) is 17.1 Å². The van der Waals surface area contributed by atoms with E-state index in [4.69, 9.17) is 4.74 Å². The number of amides is 3. The number of anilines is 2. The maximum Gasteiger partial charge on any atom is 0.305 e. The number of aromatic nitrogens is 1. The lowest BCUT2D eigenvalue weighted by Gasteiger charge is -2.43. The van der Waals surface area contributed by atoms with Crippen molar-refractivity contribution in [2.75, 3.05) is 16.8 Å². The molecule has 4 aromatic rings. The summed E-state index contributed by atoms with van der Waals surface area (Å²) in [6, 6.07) is 22.5. The molecule has 1 saturated heterocycles. The van der Waals surface area contributed by atoms with E-state index in [9.17, 15) is 19.2 Å². The van der Waals surface area contributed by atoms with Crippen LogP contribution in [0.3, 0.4) is 0 Å². The van der Waals surface area contributed by atoms with E-state index in [2.05, 4.69) is 26.2 Å². The van der Waals surface area contributed by atoms with Crippen molar-refractivity contribution < 1.29 is 19.1 Å². The number of carbonyl (C=O) groups is 3. The van der Waals surface area contributed by atoms with E-state index in [-0.39, 0.29) is 64.0 Å². The molecule has 8 rings (SSSR count). The Morgan fingerprint density at radius 2 is 1.69 bits per heavy atom. The maximum absolute atomic E-state index is 14.0. The SMILES string of the molecule is Cc1ccc(NC(=O)COc2ccccc2[C@H]2c3sc(=O)[nH]c3SC3C2[C@H]2C[C@@H]3C3C(=O)N(c4ccc(Br)cc4)C(=O)C32)cc1. The van der Waals surface area contributed by atoms with Crippen molar-refractivity contribution in [2.45, 2.75) is 29.5 Å². The number of ether oxygens (including phenoxy) is 1. The molecule has 3 fully saturated rings. The van der Waals surface area contributed by atoms with Crippen molar-refractivity contribution in [1.82, 2.24) is 4.98 Å². The third-order valence-electron chi connectivity index (χ3n) is 9.76. The van der Waals surface area contributed by atoms with Crippen molar-refractivity contribution in [3.05, 3.63) is 103 Å². The van der Waals surface area contributed by atoms with Crippen LogP contribution < -0.4 is 19.8 Å². The molecule has 45 heavy (non-hydrogen) atoms. The predicted molar refractivity (Wildman–Crippen MR) is 177 cm³/mol. The minimum absolute atomic E-state index is 0.0133. The van der Waals surface area contributed by atoms with Crippen LogP contribution in [0.15, 0.2) is 87.1 Å². The van der Waals surface area contributed by atoms with E-state index in [1.807, 2.05) is 67.6 Å². The van der Waals surface area contributed by atoms with Crippen LogP contribution in [0.25, 0.3) is 0 Å². The van der Waals surface area contributed by atoms with E-state index < -0.39 is 5.92 Å². The fourth-order valence-corrected chi connectivity index (χ4v) is 11.2. The van der Waals surface area contributed by atoms with E-state index in [0.717, 1.165) is 31.9 Å². The number of benzene rings is 3. The molecule has 4 unspecified atom stereocenters. The first kappa shape index (κ1) is 28.8. The standard InChI is InChI=1S/C34H28BrN3O5S2/c1-16-6-10-18(11-7-16)36-24(39)15-43-23-5-3-2-4-20(23)25-26-21-14-22(29(26)44-31-30(25)45-34(42)37-31)28-27(21)32(40)38(33(28)41)19-12-8-17(35)9-13-19/h2-13,21-22,25-29H,14-15H2,1H3,(H,36,39)(H,37,42)/t21-,22-,25-,26?,27?,28?,29?/m1/s1. The number of aromatic amines is 1. The molecule has 2 saturated carbocycles. The van der Waals surface area contributed by atoms with Gasteiger partial charge in [0.15, 0.2) is 6.61 Å². The van der Waals surface area contributed by atoms with Crippen molar-refractivity contribution in [2.24, 2.45) is 29.6 Å². The van der Waals surface area contributed by atoms with Crippen LogP contribution in [0.2, 0.25) is 0 Å². The molecule has 8 nitrogen and oxygen atoms in total. The van der Waals surface area contributed by atoms with Gasteiger partial charge in [-0.2, -0.15) is 0 Å². The Kier molecular flexibility index (Phi) is 7.03. The van der Waals surface area contributed by atoms with Gasteiger partial charge in [0.1, 0.15) is 5.75 Å². The minimum Gasteiger partial charge on any atom is -0.483 e. The van der Waals surface area contributed by atoms with Crippen molar-refractivity contribution in [1.29, 1.82) is 0 Å². The second kappa shape index (κ2) is 11.0. The van der Waals surface area contributed by atoms with Crippen LogP contribution in [-0.2, 0) is 14.4 Å². The first-order valence-corrected chi connectivity index (χ1v) is 17.4. The van der Waals surface area contributed by atoms with Gasteiger partial charge in [-0.1, -0.05) is 63.2 Å². The Labute approximate surface area is 275 Å². The van der Waals surface area contributed by atoms with Crippen molar-refractivity contribution >= 4 is 68.1 Å². The summed E-state index contributed by atoms with van der Waals surface area (Å²) in [5.41, 5.74) is 3.28. The van der Waals surface area contributed by atoms with Gasteiger partial charge < -0.3 is 15.0 Å². The van der Waals surface area contributed by atoms with Gasteiger partial charge in [0.05, 0.1) is 22.5 Å². The summed E-state index contributed by atoms with van der Waals surface area (Å²) in [5, 5.41) is 3.76. The molecule has 11 heteroatoms. The molecule has 4 aliphatic rings. The van der Waals surface area contributed by atoms with Gasteiger partial charge in [0.2, 0.25) is 11.8 Å². The molecule has 2 bridgehead atoms. The summed E-state index contributed by atoms with van der Waals surface area (Å²) in [4.78, 5) is 58.7. The minimum atomic E-state index is -0.402. The average molecular weight is 703 g/mol. The Morgan fingerprint density at radius 1 is 0.978 bits per heavy atom. The molecule has 2 aliphatic heterocycles. The highest BCUT2D eigenvalue weighted by molar-refractivity contribution is 9.10. The number of hydrogen-bond donors (Lipinski definition) is 2. The predicted octanol–water partition coefficient (Wildman–Crippen LogP) is 6.20. The number of imide groups is 1. The molecule has 228 valence electrons. The number of hydrogen-bond acceptors (Lipinski definition) is 7. The van der Waals surface area contributed by atoms with E-state index >= 15 is 0 Å². The number of halogens is 1. The molecular weight excluding hydrogens is 674 g/mol. The van der Waals surface area contributed by atoms with Crippen LogP contribution in [-0.4, -0.2) is 34.6 Å². The maximum atomic E-state index is 14.0. The largest absolute Gasteiger partial charge is 0.483 e. The zero-order chi connectivity index (χ0) is 31.0. The van der Waals surface area contributed by atoms with Crippen LogP contribution in [0.1, 0.15) is 28.3 Å². The summed E-state index contributed by atoms with van der Waals surface area (Å²) in [7, 11) is 0. The number of thiazole rings is 1. The van der Waals surface area contributed by atoms with Crippen molar-refractivity contribution in [3.8, 4) is 5.75 Å².